The molecule has 3 aromatic rings. The highest BCUT2D eigenvalue weighted by Gasteiger charge is 2.26. The van der Waals surface area contributed by atoms with Gasteiger partial charge in [0.25, 0.3) is 5.91 Å². The van der Waals surface area contributed by atoms with Crippen molar-refractivity contribution < 1.29 is 13.9 Å². The molecule has 0 fully saturated rings. The first-order valence-electron chi connectivity index (χ1n) is 8.23. The van der Waals surface area contributed by atoms with E-state index in [-0.39, 0.29) is 12.0 Å². The van der Waals surface area contributed by atoms with Crippen molar-refractivity contribution in [2.75, 3.05) is 6.54 Å². The van der Waals surface area contributed by atoms with Crippen LogP contribution in [0.5, 0.6) is 5.75 Å². The molecule has 4 rings (SSSR count). The second kappa shape index (κ2) is 6.43. The first-order valence-corrected chi connectivity index (χ1v) is 8.23. The van der Waals surface area contributed by atoms with Crippen LogP contribution in [0.3, 0.4) is 0 Å². The Morgan fingerprint density at radius 3 is 2.84 bits per heavy atom. The molecular weight excluding hydrogens is 316 g/mol. The SMILES string of the molecule is Cc1ccoc1C(=O)NC[C@@H]1Cc2cccc(-c3ccncc3)c2O1. The van der Waals surface area contributed by atoms with Gasteiger partial charge in [0.2, 0.25) is 0 Å². The minimum Gasteiger partial charge on any atom is -0.487 e. The minimum atomic E-state index is -0.212. The van der Waals surface area contributed by atoms with Gasteiger partial charge in [-0.25, -0.2) is 0 Å². The zero-order chi connectivity index (χ0) is 17.2. The predicted octanol–water partition coefficient (Wildman–Crippen LogP) is 3.38. The van der Waals surface area contributed by atoms with Crippen LogP contribution in [0.15, 0.2) is 59.5 Å². The molecule has 5 heteroatoms. The molecule has 0 unspecified atom stereocenters. The highest BCUT2D eigenvalue weighted by molar-refractivity contribution is 5.92. The van der Waals surface area contributed by atoms with Gasteiger partial charge >= 0.3 is 0 Å². The maximum Gasteiger partial charge on any atom is 0.287 e. The molecule has 0 bridgehead atoms. The summed E-state index contributed by atoms with van der Waals surface area (Å²) in [7, 11) is 0. The van der Waals surface area contributed by atoms with Crippen LogP contribution in [0.4, 0.5) is 0 Å². The zero-order valence-electron chi connectivity index (χ0n) is 13.9. The van der Waals surface area contributed by atoms with Crippen LogP contribution in [-0.2, 0) is 6.42 Å². The first-order chi connectivity index (χ1) is 12.2. The van der Waals surface area contributed by atoms with E-state index in [1.54, 1.807) is 18.5 Å². The summed E-state index contributed by atoms with van der Waals surface area (Å²) in [4.78, 5) is 16.2. The van der Waals surface area contributed by atoms with E-state index in [1.807, 2.05) is 31.2 Å². The standard InChI is InChI=1S/C20H18N2O3/c1-13-7-10-24-18(13)20(23)22-12-16-11-15-3-2-4-17(19(15)25-16)14-5-8-21-9-6-14/h2-10,16H,11-12H2,1H3,(H,22,23)/t16-/m0/s1. The third-order valence-electron chi connectivity index (χ3n) is 4.38. The fourth-order valence-electron chi connectivity index (χ4n) is 3.10. The van der Waals surface area contributed by atoms with Gasteiger partial charge in [0.15, 0.2) is 5.76 Å². The highest BCUT2D eigenvalue weighted by atomic mass is 16.5. The van der Waals surface area contributed by atoms with Crippen LogP contribution in [-0.4, -0.2) is 23.5 Å². The lowest BCUT2D eigenvalue weighted by atomic mass is 10.0. The number of rotatable bonds is 4. The molecule has 1 atom stereocenters. The molecule has 1 aliphatic rings. The van der Waals surface area contributed by atoms with E-state index in [0.717, 1.165) is 34.4 Å². The molecule has 0 radical (unpaired) electrons. The number of pyridine rings is 1. The van der Waals surface area contributed by atoms with E-state index < -0.39 is 0 Å². The molecule has 1 amide bonds. The number of carbonyl (C=O) groups excluding carboxylic acids is 1. The summed E-state index contributed by atoms with van der Waals surface area (Å²) in [5.41, 5.74) is 4.11. The number of nitrogens with zero attached hydrogens (tertiary/aromatic N) is 1. The van der Waals surface area contributed by atoms with Gasteiger partial charge in [-0.05, 0) is 36.2 Å². The van der Waals surface area contributed by atoms with E-state index in [0.29, 0.717) is 12.3 Å². The summed E-state index contributed by atoms with van der Waals surface area (Å²) in [6, 6.07) is 11.9. The lowest BCUT2D eigenvalue weighted by Crippen LogP contribution is -2.34. The number of amides is 1. The smallest absolute Gasteiger partial charge is 0.287 e. The molecule has 126 valence electrons. The van der Waals surface area contributed by atoms with E-state index in [4.69, 9.17) is 9.15 Å². The molecule has 25 heavy (non-hydrogen) atoms. The van der Waals surface area contributed by atoms with Crippen molar-refractivity contribution in [2.45, 2.75) is 19.4 Å². The number of nitrogens with one attached hydrogen (secondary N) is 1. The number of carbonyl (C=O) groups is 1. The van der Waals surface area contributed by atoms with Gasteiger partial charge < -0.3 is 14.5 Å². The molecule has 0 saturated heterocycles. The molecule has 0 aliphatic carbocycles. The summed E-state index contributed by atoms with van der Waals surface area (Å²) in [5, 5.41) is 2.89. The van der Waals surface area contributed by atoms with Crippen LogP contribution in [0.25, 0.3) is 11.1 Å². The van der Waals surface area contributed by atoms with Gasteiger partial charge in [0.05, 0.1) is 12.8 Å². The van der Waals surface area contributed by atoms with Gasteiger partial charge in [-0.15, -0.1) is 0 Å². The third kappa shape index (κ3) is 3.01. The number of hydrogen-bond acceptors (Lipinski definition) is 4. The average Bonchev–Trinajstić information content (AvgIpc) is 3.25. The Balaban J connectivity index is 1.47. The summed E-state index contributed by atoms with van der Waals surface area (Å²) < 4.78 is 11.3. The summed E-state index contributed by atoms with van der Waals surface area (Å²) in [6.45, 7) is 2.28. The number of benzene rings is 1. The largest absolute Gasteiger partial charge is 0.487 e. The van der Waals surface area contributed by atoms with E-state index in [1.165, 1.54) is 6.26 Å². The van der Waals surface area contributed by atoms with E-state index in [9.17, 15) is 4.79 Å². The van der Waals surface area contributed by atoms with Crippen LogP contribution < -0.4 is 10.1 Å². The molecule has 1 N–H and O–H groups in total. The number of aryl methyl sites for hydroxylation is 1. The van der Waals surface area contributed by atoms with Gasteiger partial charge in [-0.2, -0.15) is 0 Å². The van der Waals surface area contributed by atoms with Crippen LogP contribution in [0, 0.1) is 6.92 Å². The molecule has 2 aromatic heterocycles. The molecule has 1 aliphatic heterocycles. The Morgan fingerprint density at radius 2 is 2.08 bits per heavy atom. The lowest BCUT2D eigenvalue weighted by Gasteiger charge is -2.13. The van der Waals surface area contributed by atoms with Gasteiger partial charge in [-0.1, -0.05) is 18.2 Å². The molecule has 5 nitrogen and oxygen atoms in total. The van der Waals surface area contributed by atoms with Crippen molar-refractivity contribution in [2.24, 2.45) is 0 Å². The number of furan rings is 1. The Labute approximate surface area is 145 Å². The zero-order valence-corrected chi connectivity index (χ0v) is 13.9. The first kappa shape index (κ1) is 15.4. The van der Waals surface area contributed by atoms with Crippen molar-refractivity contribution in [3.8, 4) is 16.9 Å². The van der Waals surface area contributed by atoms with Crippen molar-refractivity contribution in [1.29, 1.82) is 0 Å². The fourth-order valence-corrected chi connectivity index (χ4v) is 3.10. The maximum atomic E-state index is 12.2. The Hall–Kier alpha value is -3.08. The average molecular weight is 334 g/mol. The number of fused-ring (bicyclic) bond motifs is 1. The molecule has 0 saturated carbocycles. The van der Waals surface area contributed by atoms with Crippen molar-refractivity contribution in [1.82, 2.24) is 10.3 Å². The van der Waals surface area contributed by atoms with Gasteiger partial charge in [-0.3, -0.25) is 9.78 Å². The minimum absolute atomic E-state index is 0.0859. The van der Waals surface area contributed by atoms with Crippen molar-refractivity contribution in [3.05, 3.63) is 71.9 Å². The summed E-state index contributed by atoms with van der Waals surface area (Å²) in [6.07, 6.45) is 5.75. The molecular formula is C20H18N2O3. The molecule has 3 heterocycles. The maximum absolute atomic E-state index is 12.2. The summed E-state index contributed by atoms with van der Waals surface area (Å²) >= 11 is 0. The second-order valence-electron chi connectivity index (χ2n) is 6.12. The summed E-state index contributed by atoms with van der Waals surface area (Å²) in [5.74, 6) is 1.03. The quantitative estimate of drug-likeness (QED) is 0.794. The monoisotopic (exact) mass is 334 g/mol. The molecule has 1 aromatic carbocycles. The van der Waals surface area contributed by atoms with Crippen LogP contribution in [0.1, 0.15) is 21.7 Å². The number of aromatic nitrogens is 1. The molecule has 0 spiro atoms. The number of para-hydroxylation sites is 1. The highest BCUT2D eigenvalue weighted by Crippen LogP contribution is 2.38. The Kier molecular flexibility index (Phi) is 3.98. The fraction of sp³-hybridized carbons (Fsp3) is 0.200. The van der Waals surface area contributed by atoms with Gasteiger partial charge in [0, 0.05) is 29.9 Å². The van der Waals surface area contributed by atoms with Gasteiger partial charge in [0.1, 0.15) is 11.9 Å². The predicted molar refractivity (Wildman–Crippen MR) is 93.6 cm³/mol. The second-order valence-corrected chi connectivity index (χ2v) is 6.12. The van der Waals surface area contributed by atoms with Crippen molar-refractivity contribution in [3.63, 3.8) is 0 Å². The topological polar surface area (TPSA) is 64.4 Å². The van der Waals surface area contributed by atoms with E-state index >= 15 is 0 Å². The van der Waals surface area contributed by atoms with Crippen molar-refractivity contribution >= 4 is 5.91 Å². The number of hydrogen-bond donors (Lipinski definition) is 1. The third-order valence-corrected chi connectivity index (χ3v) is 4.38. The van der Waals surface area contributed by atoms with E-state index in [2.05, 4.69) is 16.4 Å². The lowest BCUT2D eigenvalue weighted by molar-refractivity contribution is 0.0905. The van der Waals surface area contributed by atoms with Crippen LogP contribution >= 0.6 is 0 Å². The van der Waals surface area contributed by atoms with Crippen LogP contribution in [0.2, 0.25) is 0 Å². The Bertz CT molecular complexity index is 902. The Morgan fingerprint density at radius 1 is 1.24 bits per heavy atom. The number of ether oxygens (including phenoxy) is 1. The normalized spacial score (nSPS) is 15.5.